The van der Waals surface area contributed by atoms with Crippen LogP contribution in [-0.2, 0) is 16.6 Å². The maximum atomic E-state index is 12.8. The van der Waals surface area contributed by atoms with Gasteiger partial charge in [0, 0.05) is 40.3 Å². The standard InChI is InChI=1S/C16H25N3O4S/c1-5-13-6-7-15(23-4)14(12-13)16(20)18-8-10-19(11-9-18)24(21,22)17(2)3/h6-7,12H,5,8-11H2,1-4H3. The van der Waals surface area contributed by atoms with Gasteiger partial charge in [0.1, 0.15) is 5.75 Å². The molecule has 8 heteroatoms. The fourth-order valence-corrected chi connectivity index (χ4v) is 3.75. The van der Waals surface area contributed by atoms with Gasteiger partial charge in [0.25, 0.3) is 16.1 Å². The molecule has 0 aliphatic carbocycles. The lowest BCUT2D eigenvalue weighted by Gasteiger charge is -2.35. The first-order valence-corrected chi connectivity index (χ1v) is 9.34. The Kier molecular flexibility index (Phi) is 5.84. The highest BCUT2D eigenvalue weighted by Crippen LogP contribution is 2.23. The molecule has 0 aromatic heterocycles. The second-order valence-electron chi connectivity index (χ2n) is 5.87. The number of nitrogens with zero attached hydrogens (tertiary/aromatic N) is 3. The number of piperazine rings is 1. The first kappa shape index (κ1) is 18.7. The van der Waals surface area contributed by atoms with Gasteiger partial charge in [0.15, 0.2) is 0 Å². The van der Waals surface area contributed by atoms with Crippen LogP contribution in [0, 0.1) is 0 Å². The van der Waals surface area contributed by atoms with Gasteiger partial charge in [0.05, 0.1) is 12.7 Å². The first-order chi connectivity index (χ1) is 11.3. The van der Waals surface area contributed by atoms with E-state index in [1.54, 1.807) is 18.1 Å². The van der Waals surface area contributed by atoms with Crippen LogP contribution in [0.4, 0.5) is 0 Å². The van der Waals surface area contributed by atoms with E-state index in [1.165, 1.54) is 22.7 Å². The van der Waals surface area contributed by atoms with Crippen LogP contribution in [0.25, 0.3) is 0 Å². The molecule has 1 aliphatic rings. The lowest BCUT2D eigenvalue weighted by molar-refractivity contribution is 0.0691. The van der Waals surface area contributed by atoms with Crippen molar-refractivity contribution in [2.75, 3.05) is 47.4 Å². The van der Waals surface area contributed by atoms with E-state index in [2.05, 4.69) is 0 Å². The summed E-state index contributed by atoms with van der Waals surface area (Å²) in [6.07, 6.45) is 0.832. The third-order valence-electron chi connectivity index (χ3n) is 4.22. The maximum absolute atomic E-state index is 12.8. The van der Waals surface area contributed by atoms with Crippen LogP contribution < -0.4 is 4.74 Å². The van der Waals surface area contributed by atoms with Crippen LogP contribution in [0.2, 0.25) is 0 Å². The SMILES string of the molecule is CCc1ccc(OC)c(C(=O)N2CCN(S(=O)(=O)N(C)C)CC2)c1. The molecule has 0 N–H and O–H groups in total. The van der Waals surface area contributed by atoms with E-state index in [-0.39, 0.29) is 5.91 Å². The first-order valence-electron chi connectivity index (χ1n) is 7.95. The van der Waals surface area contributed by atoms with Crippen LogP contribution >= 0.6 is 0 Å². The van der Waals surface area contributed by atoms with E-state index in [0.29, 0.717) is 37.5 Å². The maximum Gasteiger partial charge on any atom is 0.281 e. The predicted octanol–water partition coefficient (Wildman–Crippen LogP) is 0.822. The molecular weight excluding hydrogens is 330 g/mol. The quantitative estimate of drug-likeness (QED) is 0.784. The molecule has 1 aromatic rings. The Labute approximate surface area is 144 Å². The summed E-state index contributed by atoms with van der Waals surface area (Å²) in [5.74, 6) is 0.421. The summed E-state index contributed by atoms with van der Waals surface area (Å²) >= 11 is 0. The molecule has 1 amide bonds. The Hall–Kier alpha value is -1.64. The molecular formula is C16H25N3O4S. The highest BCUT2D eigenvalue weighted by molar-refractivity contribution is 7.86. The van der Waals surface area contributed by atoms with Gasteiger partial charge in [0.2, 0.25) is 0 Å². The number of hydrogen-bond donors (Lipinski definition) is 0. The average molecular weight is 355 g/mol. The zero-order valence-corrected chi connectivity index (χ0v) is 15.5. The summed E-state index contributed by atoms with van der Waals surface area (Å²) in [6, 6.07) is 5.60. The van der Waals surface area contributed by atoms with Crippen molar-refractivity contribution in [2.24, 2.45) is 0 Å². The molecule has 0 atom stereocenters. The fraction of sp³-hybridized carbons (Fsp3) is 0.562. The molecule has 0 bridgehead atoms. The molecule has 1 aliphatic heterocycles. The Morgan fingerprint density at radius 2 is 1.83 bits per heavy atom. The molecule has 1 heterocycles. The van der Waals surface area contributed by atoms with Gasteiger partial charge in [-0.05, 0) is 24.1 Å². The molecule has 0 radical (unpaired) electrons. The second-order valence-corrected chi connectivity index (χ2v) is 8.01. The van der Waals surface area contributed by atoms with Crippen LogP contribution in [-0.4, -0.2) is 75.2 Å². The van der Waals surface area contributed by atoms with Crippen LogP contribution in [0.15, 0.2) is 18.2 Å². The predicted molar refractivity (Wildman–Crippen MR) is 92.5 cm³/mol. The highest BCUT2D eigenvalue weighted by atomic mass is 32.2. The highest BCUT2D eigenvalue weighted by Gasteiger charge is 2.31. The summed E-state index contributed by atoms with van der Waals surface area (Å²) in [4.78, 5) is 14.5. The van der Waals surface area contributed by atoms with Crippen molar-refractivity contribution in [1.82, 2.24) is 13.5 Å². The van der Waals surface area contributed by atoms with Crippen molar-refractivity contribution in [3.8, 4) is 5.75 Å². The zero-order chi connectivity index (χ0) is 17.9. The monoisotopic (exact) mass is 355 g/mol. The number of amides is 1. The molecule has 24 heavy (non-hydrogen) atoms. The van der Waals surface area contributed by atoms with E-state index in [0.717, 1.165) is 12.0 Å². The van der Waals surface area contributed by atoms with Crippen molar-refractivity contribution in [3.05, 3.63) is 29.3 Å². The van der Waals surface area contributed by atoms with Crippen molar-refractivity contribution < 1.29 is 17.9 Å². The number of rotatable bonds is 5. The summed E-state index contributed by atoms with van der Waals surface area (Å²) in [7, 11) is 1.12. The van der Waals surface area contributed by atoms with E-state index < -0.39 is 10.2 Å². The van der Waals surface area contributed by atoms with Crippen molar-refractivity contribution in [3.63, 3.8) is 0 Å². The summed E-state index contributed by atoms with van der Waals surface area (Å²) < 4.78 is 32.2. The summed E-state index contributed by atoms with van der Waals surface area (Å²) in [5.41, 5.74) is 1.59. The number of carbonyl (C=O) groups excluding carboxylic acids is 1. The summed E-state index contributed by atoms with van der Waals surface area (Å²) in [5, 5.41) is 0. The van der Waals surface area contributed by atoms with Gasteiger partial charge in [-0.3, -0.25) is 4.79 Å². The Morgan fingerprint density at radius 1 is 1.21 bits per heavy atom. The van der Waals surface area contributed by atoms with Crippen LogP contribution in [0.1, 0.15) is 22.8 Å². The number of hydrogen-bond acceptors (Lipinski definition) is 4. The minimum absolute atomic E-state index is 0.121. The summed E-state index contributed by atoms with van der Waals surface area (Å²) in [6.45, 7) is 3.35. The van der Waals surface area contributed by atoms with Crippen LogP contribution in [0.3, 0.4) is 0 Å². The van der Waals surface area contributed by atoms with E-state index in [4.69, 9.17) is 4.74 Å². The third-order valence-corrected chi connectivity index (χ3v) is 6.16. The minimum atomic E-state index is -3.43. The van der Waals surface area contributed by atoms with E-state index >= 15 is 0 Å². The van der Waals surface area contributed by atoms with Gasteiger partial charge >= 0.3 is 0 Å². The van der Waals surface area contributed by atoms with E-state index in [1.807, 2.05) is 19.1 Å². The van der Waals surface area contributed by atoms with E-state index in [9.17, 15) is 13.2 Å². The minimum Gasteiger partial charge on any atom is -0.496 e. The smallest absolute Gasteiger partial charge is 0.281 e. The third kappa shape index (κ3) is 3.71. The topological polar surface area (TPSA) is 70.2 Å². The Morgan fingerprint density at radius 3 is 2.33 bits per heavy atom. The molecule has 0 spiro atoms. The molecule has 0 unspecified atom stereocenters. The fourth-order valence-electron chi connectivity index (χ4n) is 2.67. The van der Waals surface area contributed by atoms with Crippen molar-refractivity contribution in [2.45, 2.75) is 13.3 Å². The molecule has 1 aromatic carbocycles. The molecule has 7 nitrogen and oxygen atoms in total. The van der Waals surface area contributed by atoms with Gasteiger partial charge in [-0.1, -0.05) is 13.0 Å². The van der Waals surface area contributed by atoms with Crippen LogP contribution in [0.5, 0.6) is 5.75 Å². The second kappa shape index (κ2) is 7.50. The van der Waals surface area contributed by atoms with Crippen molar-refractivity contribution in [1.29, 1.82) is 0 Å². The number of benzene rings is 1. The Balaban J connectivity index is 2.14. The van der Waals surface area contributed by atoms with Gasteiger partial charge in [-0.15, -0.1) is 0 Å². The molecule has 2 rings (SSSR count). The van der Waals surface area contributed by atoms with Gasteiger partial charge < -0.3 is 9.64 Å². The Bertz CT molecular complexity index is 695. The zero-order valence-electron chi connectivity index (χ0n) is 14.7. The molecule has 1 saturated heterocycles. The molecule has 1 fully saturated rings. The largest absolute Gasteiger partial charge is 0.496 e. The normalized spacial score (nSPS) is 16.5. The molecule has 0 saturated carbocycles. The lowest BCUT2D eigenvalue weighted by Crippen LogP contribution is -2.53. The number of carbonyl (C=O) groups is 1. The molecule has 134 valence electrons. The van der Waals surface area contributed by atoms with Gasteiger partial charge in [-0.2, -0.15) is 17.0 Å². The van der Waals surface area contributed by atoms with Crippen molar-refractivity contribution >= 4 is 16.1 Å². The lowest BCUT2D eigenvalue weighted by atomic mass is 10.1. The number of methoxy groups -OCH3 is 1. The number of aryl methyl sites for hydroxylation is 1. The number of ether oxygens (including phenoxy) is 1. The van der Waals surface area contributed by atoms with Gasteiger partial charge in [-0.25, -0.2) is 0 Å². The average Bonchev–Trinajstić information content (AvgIpc) is 2.60.